The maximum absolute atomic E-state index is 11.9. The highest BCUT2D eigenvalue weighted by Crippen LogP contribution is 2.24. The van der Waals surface area contributed by atoms with E-state index in [0.29, 0.717) is 0 Å². The van der Waals surface area contributed by atoms with E-state index in [0.717, 1.165) is 17.8 Å². The predicted octanol–water partition coefficient (Wildman–Crippen LogP) is 2.26. The highest BCUT2D eigenvalue weighted by Gasteiger charge is 2.18. The number of nitrogens with two attached hydrogens (primary N) is 1. The van der Waals surface area contributed by atoms with E-state index < -0.39 is 26.3 Å². The van der Waals surface area contributed by atoms with Crippen molar-refractivity contribution in [2.45, 2.75) is 11.8 Å². The first-order chi connectivity index (χ1) is 9.12. The van der Waals surface area contributed by atoms with Gasteiger partial charge in [0.2, 0.25) is 20.4 Å². The quantitative estimate of drug-likeness (QED) is 0.817. The number of benzene rings is 1. The Balaban J connectivity index is 2.93. The summed E-state index contributed by atoms with van der Waals surface area (Å²) in [6.45, 7) is 1.59. The second kappa shape index (κ2) is 6.91. The highest BCUT2D eigenvalue weighted by molar-refractivity contribution is 8.14. The number of rotatable bonds is 5. The van der Waals surface area contributed by atoms with Gasteiger partial charge in [0, 0.05) is 17.2 Å². The van der Waals surface area contributed by atoms with E-state index in [1.807, 2.05) is 0 Å². The Morgan fingerprint density at radius 3 is 2.50 bits per heavy atom. The molecule has 0 fully saturated rings. The highest BCUT2D eigenvalue weighted by atomic mass is 35.5. The van der Waals surface area contributed by atoms with Gasteiger partial charge in [-0.25, -0.2) is 13.6 Å². The smallest absolute Gasteiger partial charge is 0.239 e. The van der Waals surface area contributed by atoms with Gasteiger partial charge in [-0.3, -0.25) is 9.59 Å². The summed E-state index contributed by atoms with van der Waals surface area (Å²) >= 11 is 11.9. The Hall–Kier alpha value is -0.600. The normalized spacial score (nSPS) is 13.0. The Morgan fingerprint density at radius 1 is 1.40 bits per heavy atom. The van der Waals surface area contributed by atoms with Crippen molar-refractivity contribution >= 4 is 55.3 Å². The molecule has 1 aromatic rings. The first kappa shape index (κ1) is 17.5. The van der Waals surface area contributed by atoms with Gasteiger partial charge in [-0.15, -0.1) is 0 Å². The molecule has 0 spiro atoms. The van der Waals surface area contributed by atoms with Gasteiger partial charge in [0.15, 0.2) is 0 Å². The van der Waals surface area contributed by atoms with Crippen LogP contribution < -0.4 is 5.14 Å². The van der Waals surface area contributed by atoms with Gasteiger partial charge in [0.1, 0.15) is 4.90 Å². The molecule has 0 unspecified atom stereocenters. The van der Waals surface area contributed by atoms with E-state index in [-0.39, 0.29) is 21.2 Å². The third-order valence-corrected chi connectivity index (χ3v) is 5.25. The molecule has 1 aromatic carbocycles. The lowest BCUT2D eigenvalue weighted by Crippen LogP contribution is -2.14. The average molecular weight is 356 g/mol. The minimum atomic E-state index is -4.00. The second-order valence-electron chi connectivity index (χ2n) is 3.99. The number of sulfonamides is 1. The van der Waals surface area contributed by atoms with Crippen molar-refractivity contribution in [3.63, 3.8) is 0 Å². The Labute approximate surface area is 130 Å². The van der Waals surface area contributed by atoms with E-state index in [2.05, 4.69) is 0 Å². The largest absolute Gasteiger partial charge is 0.282 e. The summed E-state index contributed by atoms with van der Waals surface area (Å²) in [6, 6.07) is 3.78. The van der Waals surface area contributed by atoms with Crippen LogP contribution in [-0.4, -0.2) is 24.5 Å². The maximum Gasteiger partial charge on any atom is 0.239 e. The lowest BCUT2D eigenvalue weighted by molar-refractivity contribution is -0.114. The molecule has 0 aromatic heterocycles. The fraction of sp³-hybridized carbons (Fsp3) is 0.273. The zero-order valence-electron chi connectivity index (χ0n) is 10.3. The van der Waals surface area contributed by atoms with Crippen molar-refractivity contribution in [3.8, 4) is 0 Å². The molecule has 0 saturated carbocycles. The average Bonchev–Trinajstić information content (AvgIpc) is 2.34. The van der Waals surface area contributed by atoms with Crippen LogP contribution in [0.25, 0.3) is 0 Å². The van der Waals surface area contributed by atoms with Crippen molar-refractivity contribution < 1.29 is 18.0 Å². The van der Waals surface area contributed by atoms with Crippen molar-refractivity contribution in [1.29, 1.82) is 0 Å². The number of primary sulfonamides is 1. The molecular weight excluding hydrogens is 345 g/mol. The molecule has 0 saturated heterocycles. The zero-order valence-corrected chi connectivity index (χ0v) is 13.4. The fourth-order valence-corrected chi connectivity index (χ4v) is 3.28. The number of carbonyl (C=O) groups excluding carboxylic acids is 2. The van der Waals surface area contributed by atoms with Crippen molar-refractivity contribution in [2.75, 3.05) is 5.75 Å². The van der Waals surface area contributed by atoms with Gasteiger partial charge in [-0.1, -0.05) is 30.3 Å². The molecular formula is C11H11Cl2NO4S2. The topological polar surface area (TPSA) is 94.3 Å². The lowest BCUT2D eigenvalue weighted by Gasteiger charge is -2.07. The van der Waals surface area contributed by atoms with Crippen LogP contribution in [0, 0.1) is 5.92 Å². The number of hydrogen-bond acceptors (Lipinski definition) is 5. The van der Waals surface area contributed by atoms with Crippen molar-refractivity contribution in [1.82, 2.24) is 0 Å². The van der Waals surface area contributed by atoms with E-state index in [1.165, 1.54) is 12.1 Å². The first-order valence-electron chi connectivity index (χ1n) is 5.31. The SMILES string of the molecule is C[C@@H](CSC(=O)c1ccc(Cl)c(S(N)(=O)=O)c1)C(=O)Cl. The van der Waals surface area contributed by atoms with E-state index in [4.69, 9.17) is 28.3 Å². The minimum Gasteiger partial charge on any atom is -0.282 e. The fourth-order valence-electron chi connectivity index (χ4n) is 1.20. The summed E-state index contributed by atoms with van der Waals surface area (Å²) in [5.74, 6) is -0.273. The lowest BCUT2D eigenvalue weighted by atomic mass is 10.2. The Bertz CT molecular complexity index is 646. The third-order valence-electron chi connectivity index (χ3n) is 2.33. The van der Waals surface area contributed by atoms with Gasteiger partial charge in [0.25, 0.3) is 0 Å². The van der Waals surface area contributed by atoms with Crippen molar-refractivity contribution in [3.05, 3.63) is 28.8 Å². The molecule has 0 amide bonds. The van der Waals surface area contributed by atoms with Crippen LogP contribution in [0.3, 0.4) is 0 Å². The number of carbonyl (C=O) groups is 2. The molecule has 1 atom stereocenters. The molecule has 2 N–H and O–H groups in total. The monoisotopic (exact) mass is 355 g/mol. The molecule has 0 aliphatic rings. The summed E-state index contributed by atoms with van der Waals surface area (Å²) in [7, 11) is -4.00. The molecule has 0 aliphatic carbocycles. The number of halogens is 2. The minimum absolute atomic E-state index is 0.0571. The molecule has 0 heterocycles. The second-order valence-corrected chi connectivity index (χ2v) is 7.30. The molecule has 0 aliphatic heterocycles. The van der Waals surface area contributed by atoms with Gasteiger partial charge in [-0.05, 0) is 29.8 Å². The standard InChI is InChI=1S/C11H11Cl2NO4S2/c1-6(10(13)15)5-19-11(16)7-2-3-8(12)9(4-7)20(14,17)18/h2-4,6H,5H2,1H3,(H2,14,17,18)/t6-/m0/s1. The van der Waals surface area contributed by atoms with Crippen LogP contribution in [0.15, 0.2) is 23.1 Å². The van der Waals surface area contributed by atoms with E-state index in [9.17, 15) is 18.0 Å². The van der Waals surface area contributed by atoms with E-state index >= 15 is 0 Å². The Morgan fingerprint density at radius 2 is 2.00 bits per heavy atom. The molecule has 20 heavy (non-hydrogen) atoms. The van der Waals surface area contributed by atoms with Crippen LogP contribution in [0.2, 0.25) is 5.02 Å². The third kappa shape index (κ3) is 4.75. The summed E-state index contributed by atoms with van der Waals surface area (Å²) in [4.78, 5) is 22.4. The van der Waals surface area contributed by atoms with Crippen LogP contribution in [0.4, 0.5) is 0 Å². The zero-order chi connectivity index (χ0) is 15.5. The summed E-state index contributed by atoms with van der Waals surface area (Å²) in [6.07, 6.45) is 0. The van der Waals surface area contributed by atoms with Crippen LogP contribution >= 0.6 is 35.0 Å². The summed E-state index contributed by atoms with van der Waals surface area (Å²) < 4.78 is 22.6. The van der Waals surface area contributed by atoms with Crippen LogP contribution in [0.5, 0.6) is 0 Å². The molecule has 110 valence electrons. The molecule has 5 nitrogen and oxygen atoms in total. The summed E-state index contributed by atoms with van der Waals surface area (Å²) in [5, 5.41) is 4.01. The number of thioether (sulfide) groups is 1. The van der Waals surface area contributed by atoms with Crippen LogP contribution in [-0.2, 0) is 14.8 Å². The van der Waals surface area contributed by atoms with Crippen molar-refractivity contribution in [2.24, 2.45) is 11.1 Å². The first-order valence-corrected chi connectivity index (χ1v) is 8.60. The van der Waals surface area contributed by atoms with E-state index in [1.54, 1.807) is 6.92 Å². The van der Waals surface area contributed by atoms with Gasteiger partial charge in [0.05, 0.1) is 5.02 Å². The van der Waals surface area contributed by atoms with Gasteiger partial charge < -0.3 is 0 Å². The molecule has 0 bridgehead atoms. The molecule has 9 heteroatoms. The maximum atomic E-state index is 11.9. The Kier molecular flexibility index (Phi) is 6.03. The predicted molar refractivity (Wildman–Crippen MR) is 79.6 cm³/mol. The van der Waals surface area contributed by atoms with Crippen LogP contribution in [0.1, 0.15) is 17.3 Å². The number of hydrogen-bond donors (Lipinski definition) is 1. The van der Waals surface area contributed by atoms with Gasteiger partial charge >= 0.3 is 0 Å². The molecule has 1 rings (SSSR count). The van der Waals surface area contributed by atoms with Gasteiger partial charge in [-0.2, -0.15) is 0 Å². The molecule has 0 radical (unpaired) electrons. The summed E-state index contributed by atoms with van der Waals surface area (Å²) in [5.41, 5.74) is 0.137.